The molecule has 0 spiro atoms. The minimum absolute atomic E-state index is 0.184. The highest BCUT2D eigenvalue weighted by molar-refractivity contribution is 8.00. The first-order valence-electron chi connectivity index (χ1n) is 13.4. The summed E-state index contributed by atoms with van der Waals surface area (Å²) in [7, 11) is 2.20. The topological polar surface area (TPSA) is 16.8 Å². The molecule has 1 aliphatic rings. The van der Waals surface area contributed by atoms with Crippen molar-refractivity contribution in [2.45, 2.75) is 71.1 Å². The lowest BCUT2D eigenvalue weighted by Crippen LogP contribution is -2.32. The van der Waals surface area contributed by atoms with Gasteiger partial charge in [0.2, 0.25) is 5.69 Å². The SMILES string of the molecule is Cc1c2c(c(CC(C)(C)C)c3ccccc13)Sc1c3ccc(CC(C)(C)C)nc3cc3cc[n+](C)c-2c13. The van der Waals surface area contributed by atoms with E-state index in [2.05, 4.69) is 115 Å². The van der Waals surface area contributed by atoms with Crippen LogP contribution in [0.5, 0.6) is 0 Å². The number of aromatic nitrogens is 2. The molecule has 5 aromatic rings. The molecule has 188 valence electrons. The zero-order chi connectivity index (χ0) is 26.3. The van der Waals surface area contributed by atoms with Gasteiger partial charge < -0.3 is 0 Å². The lowest BCUT2D eigenvalue weighted by atomic mass is 9.83. The summed E-state index contributed by atoms with van der Waals surface area (Å²) >= 11 is 1.98. The fourth-order valence-corrected chi connectivity index (χ4v) is 7.49. The maximum Gasteiger partial charge on any atom is 0.222 e. The molecule has 0 saturated heterocycles. The lowest BCUT2D eigenvalue weighted by Gasteiger charge is -2.28. The van der Waals surface area contributed by atoms with Gasteiger partial charge in [0.1, 0.15) is 7.05 Å². The monoisotopic (exact) mass is 505 g/mol. The van der Waals surface area contributed by atoms with Crippen molar-refractivity contribution < 1.29 is 4.57 Å². The van der Waals surface area contributed by atoms with Crippen LogP contribution in [-0.4, -0.2) is 4.98 Å². The molecule has 3 heterocycles. The quantitative estimate of drug-likeness (QED) is 0.172. The molecule has 0 N–H and O–H groups in total. The van der Waals surface area contributed by atoms with Gasteiger partial charge in [0.15, 0.2) is 6.20 Å². The van der Waals surface area contributed by atoms with Crippen molar-refractivity contribution in [1.82, 2.24) is 4.98 Å². The number of benzene rings is 3. The molecule has 0 unspecified atom stereocenters. The smallest absolute Gasteiger partial charge is 0.222 e. The van der Waals surface area contributed by atoms with Gasteiger partial charge in [-0.25, -0.2) is 4.57 Å². The average molecular weight is 506 g/mol. The van der Waals surface area contributed by atoms with Crippen LogP contribution in [0.3, 0.4) is 0 Å². The Labute approximate surface area is 225 Å². The first-order valence-corrected chi connectivity index (χ1v) is 14.2. The van der Waals surface area contributed by atoms with Crippen LogP contribution in [0, 0.1) is 17.8 Å². The minimum atomic E-state index is 0.184. The van der Waals surface area contributed by atoms with E-state index in [1.807, 2.05) is 11.8 Å². The zero-order valence-corrected chi connectivity index (χ0v) is 24.2. The number of fused-ring (bicyclic) bond motifs is 5. The van der Waals surface area contributed by atoms with E-state index in [0.29, 0.717) is 0 Å². The van der Waals surface area contributed by atoms with E-state index in [-0.39, 0.29) is 10.8 Å². The Morgan fingerprint density at radius 2 is 1.51 bits per heavy atom. The van der Waals surface area contributed by atoms with Crippen LogP contribution in [0.2, 0.25) is 0 Å². The second-order valence-corrected chi connectivity index (χ2v) is 14.3. The van der Waals surface area contributed by atoms with Crippen LogP contribution in [0.15, 0.2) is 64.5 Å². The number of hydrogen-bond donors (Lipinski definition) is 0. The van der Waals surface area contributed by atoms with E-state index in [1.54, 1.807) is 0 Å². The highest BCUT2D eigenvalue weighted by Crippen LogP contribution is 2.54. The Morgan fingerprint density at radius 1 is 0.811 bits per heavy atom. The standard InChI is InChI=1S/C34H37N2S/c1-20-23-11-9-10-12-24(23)26(19-34(5,6)7)32-28(20)30-29-21(15-16-36(30)8)17-27-25(31(29)37-32)14-13-22(35-27)18-33(2,3)4/h9-17H,18-19H2,1-8H3/q+1. The molecule has 1 aliphatic heterocycles. The molecule has 0 radical (unpaired) electrons. The highest BCUT2D eigenvalue weighted by atomic mass is 32.2. The average Bonchev–Trinajstić information content (AvgIpc) is 2.81. The van der Waals surface area contributed by atoms with Gasteiger partial charge in [-0.05, 0) is 76.1 Å². The Morgan fingerprint density at radius 3 is 2.22 bits per heavy atom. The van der Waals surface area contributed by atoms with E-state index in [1.165, 1.54) is 64.8 Å². The third-order valence-electron chi connectivity index (χ3n) is 7.49. The molecule has 0 saturated carbocycles. The molecule has 0 fully saturated rings. The van der Waals surface area contributed by atoms with Gasteiger partial charge in [-0.2, -0.15) is 0 Å². The van der Waals surface area contributed by atoms with E-state index >= 15 is 0 Å². The molecular weight excluding hydrogens is 468 g/mol. The Balaban J connectivity index is 1.72. The zero-order valence-electron chi connectivity index (χ0n) is 23.4. The third kappa shape index (κ3) is 4.12. The molecule has 2 nitrogen and oxygen atoms in total. The predicted molar refractivity (Wildman–Crippen MR) is 159 cm³/mol. The number of nitrogens with zero attached hydrogens (tertiary/aromatic N) is 2. The summed E-state index contributed by atoms with van der Waals surface area (Å²) in [5.41, 5.74) is 8.26. The van der Waals surface area contributed by atoms with Crippen molar-refractivity contribution in [3.63, 3.8) is 0 Å². The molecule has 0 bridgehead atoms. The number of rotatable bonds is 2. The summed E-state index contributed by atoms with van der Waals surface area (Å²) in [5.74, 6) is 0. The van der Waals surface area contributed by atoms with Crippen LogP contribution >= 0.6 is 11.8 Å². The molecule has 2 aromatic heterocycles. The molecule has 3 aromatic carbocycles. The van der Waals surface area contributed by atoms with Gasteiger partial charge in [0.25, 0.3) is 0 Å². The summed E-state index contributed by atoms with van der Waals surface area (Å²) in [6.45, 7) is 16.2. The first-order chi connectivity index (χ1) is 17.4. The van der Waals surface area contributed by atoms with Crippen LogP contribution in [0.4, 0.5) is 0 Å². The number of pyridine rings is 2. The Hall–Kier alpha value is -2.91. The van der Waals surface area contributed by atoms with Crippen LogP contribution < -0.4 is 4.57 Å². The summed E-state index contributed by atoms with van der Waals surface area (Å²) < 4.78 is 2.33. The van der Waals surface area contributed by atoms with Gasteiger partial charge in [0, 0.05) is 26.9 Å². The highest BCUT2D eigenvalue weighted by Gasteiger charge is 2.33. The maximum atomic E-state index is 5.18. The summed E-state index contributed by atoms with van der Waals surface area (Å²) in [4.78, 5) is 7.96. The van der Waals surface area contributed by atoms with Crippen LogP contribution in [-0.2, 0) is 19.9 Å². The summed E-state index contributed by atoms with van der Waals surface area (Å²) in [6, 6.07) is 18.1. The largest absolute Gasteiger partial charge is 0.253 e. The van der Waals surface area contributed by atoms with Crippen LogP contribution in [0.25, 0.3) is 43.7 Å². The number of hydrogen-bond acceptors (Lipinski definition) is 2. The second-order valence-electron chi connectivity index (χ2n) is 13.2. The van der Waals surface area contributed by atoms with E-state index in [4.69, 9.17) is 4.98 Å². The summed E-state index contributed by atoms with van der Waals surface area (Å²) in [5, 5.41) is 6.67. The fraction of sp³-hybridized carbons (Fsp3) is 0.353. The van der Waals surface area contributed by atoms with E-state index in [9.17, 15) is 0 Å². The van der Waals surface area contributed by atoms with Crippen molar-refractivity contribution >= 4 is 44.2 Å². The van der Waals surface area contributed by atoms with Gasteiger partial charge in [-0.15, -0.1) is 0 Å². The molecule has 6 rings (SSSR count). The maximum absolute atomic E-state index is 5.18. The normalized spacial score (nSPS) is 13.5. The van der Waals surface area contributed by atoms with Gasteiger partial charge >= 0.3 is 0 Å². The van der Waals surface area contributed by atoms with Crippen molar-refractivity contribution in [2.24, 2.45) is 17.9 Å². The summed E-state index contributed by atoms with van der Waals surface area (Å²) in [6.07, 6.45) is 4.24. The Bertz CT molecular complexity index is 1730. The van der Waals surface area contributed by atoms with Crippen molar-refractivity contribution in [2.75, 3.05) is 0 Å². The Kier molecular flexibility index (Phi) is 5.48. The third-order valence-corrected chi connectivity index (χ3v) is 8.78. The van der Waals surface area contributed by atoms with Gasteiger partial charge in [-0.3, -0.25) is 4.98 Å². The van der Waals surface area contributed by atoms with Crippen LogP contribution in [0.1, 0.15) is 58.4 Å². The van der Waals surface area contributed by atoms with Gasteiger partial charge in [0.05, 0.1) is 16.5 Å². The van der Waals surface area contributed by atoms with Crippen molar-refractivity contribution in [1.29, 1.82) is 0 Å². The van der Waals surface area contributed by atoms with E-state index in [0.717, 1.165) is 18.4 Å². The molecule has 3 heteroatoms. The molecule has 0 atom stereocenters. The second kappa shape index (κ2) is 8.30. The van der Waals surface area contributed by atoms with E-state index < -0.39 is 0 Å². The molecular formula is C34H37N2S+. The van der Waals surface area contributed by atoms with Crippen molar-refractivity contribution in [3.05, 3.63) is 71.5 Å². The first kappa shape index (κ1) is 24.4. The predicted octanol–water partition coefficient (Wildman–Crippen LogP) is 8.98. The lowest BCUT2D eigenvalue weighted by molar-refractivity contribution is -0.659. The van der Waals surface area contributed by atoms with Crippen molar-refractivity contribution in [3.8, 4) is 11.3 Å². The molecule has 0 aliphatic carbocycles. The molecule has 0 amide bonds. The fourth-order valence-electron chi connectivity index (χ4n) is 6.03. The number of aryl methyl sites for hydroxylation is 2. The minimum Gasteiger partial charge on any atom is -0.253 e. The van der Waals surface area contributed by atoms with Gasteiger partial charge in [-0.1, -0.05) is 77.6 Å². The molecule has 37 heavy (non-hydrogen) atoms.